The van der Waals surface area contributed by atoms with Gasteiger partial charge in [0.15, 0.2) is 0 Å². The number of benzene rings is 1. The fraction of sp³-hybridized carbons (Fsp3) is 0.467. The first-order chi connectivity index (χ1) is 9.75. The highest BCUT2D eigenvalue weighted by Crippen LogP contribution is 2.31. The van der Waals surface area contributed by atoms with Crippen LogP contribution in [0.5, 0.6) is 0 Å². The number of hydrogen-bond donors (Lipinski definition) is 2. The number of para-hydroxylation sites is 2. The third-order valence-electron chi connectivity index (χ3n) is 3.47. The van der Waals surface area contributed by atoms with Crippen molar-refractivity contribution in [1.29, 1.82) is 0 Å². The van der Waals surface area contributed by atoms with Crippen molar-refractivity contribution < 1.29 is 9.59 Å². The summed E-state index contributed by atoms with van der Waals surface area (Å²) in [5.41, 5.74) is 2.09. The number of piperidine rings is 1. The Morgan fingerprint density at radius 2 is 1.95 bits per heavy atom. The minimum atomic E-state index is -0.231. The molecule has 1 atom stereocenters. The highest BCUT2D eigenvalue weighted by atomic mass is 16.2. The lowest BCUT2D eigenvalue weighted by Gasteiger charge is -2.38. The van der Waals surface area contributed by atoms with Crippen molar-refractivity contribution in [2.75, 3.05) is 23.3 Å². The lowest BCUT2D eigenvalue weighted by atomic mass is 10.0. The molecule has 2 N–H and O–H groups in total. The van der Waals surface area contributed by atoms with E-state index in [0.717, 1.165) is 24.5 Å². The monoisotopic (exact) mass is 275 g/mol. The van der Waals surface area contributed by atoms with Crippen molar-refractivity contribution >= 4 is 23.2 Å². The molecule has 3 rings (SSSR count). The molecule has 2 amide bonds. The SMILES string of the molecule is CC.O=C1CCC(N2CCNc3ccccc32)C(=O)N1. The van der Waals surface area contributed by atoms with Crippen molar-refractivity contribution in [2.45, 2.75) is 32.7 Å². The first kappa shape index (κ1) is 14.4. The third-order valence-corrected chi connectivity index (χ3v) is 3.47. The number of carbonyl (C=O) groups excluding carboxylic acids is 2. The Morgan fingerprint density at radius 1 is 1.20 bits per heavy atom. The molecule has 20 heavy (non-hydrogen) atoms. The zero-order valence-corrected chi connectivity index (χ0v) is 12.0. The smallest absolute Gasteiger partial charge is 0.249 e. The molecule has 0 aromatic heterocycles. The van der Waals surface area contributed by atoms with Gasteiger partial charge in [0.2, 0.25) is 11.8 Å². The van der Waals surface area contributed by atoms with E-state index in [2.05, 4.69) is 15.5 Å². The first-order valence-corrected chi connectivity index (χ1v) is 7.19. The fourth-order valence-electron chi connectivity index (χ4n) is 2.61. The number of rotatable bonds is 1. The maximum atomic E-state index is 11.9. The molecule has 2 aliphatic heterocycles. The molecule has 1 aromatic carbocycles. The van der Waals surface area contributed by atoms with Crippen molar-refractivity contribution in [3.05, 3.63) is 24.3 Å². The Morgan fingerprint density at radius 3 is 2.70 bits per heavy atom. The largest absolute Gasteiger partial charge is 0.382 e. The standard InChI is InChI=1S/C13H15N3O2.C2H6/c17-12-6-5-11(13(18)15-12)16-8-7-14-9-3-1-2-4-10(9)16;1-2/h1-4,11,14H,5-8H2,(H,15,17,18);1-2H3. The maximum absolute atomic E-state index is 11.9. The van der Waals surface area contributed by atoms with E-state index in [9.17, 15) is 9.59 Å². The average Bonchev–Trinajstić information content (AvgIpc) is 2.49. The molecule has 0 radical (unpaired) electrons. The van der Waals surface area contributed by atoms with Gasteiger partial charge in [-0.3, -0.25) is 14.9 Å². The average molecular weight is 275 g/mol. The highest BCUT2D eigenvalue weighted by molar-refractivity contribution is 6.02. The molecule has 0 saturated carbocycles. The van der Waals surface area contributed by atoms with E-state index >= 15 is 0 Å². The molecule has 5 nitrogen and oxygen atoms in total. The summed E-state index contributed by atoms with van der Waals surface area (Å²) in [6, 6.07) is 7.72. The lowest BCUT2D eigenvalue weighted by molar-refractivity contribution is -0.134. The summed E-state index contributed by atoms with van der Waals surface area (Å²) in [7, 11) is 0. The molecule has 108 valence electrons. The van der Waals surface area contributed by atoms with Crippen LogP contribution >= 0.6 is 0 Å². The van der Waals surface area contributed by atoms with Gasteiger partial charge in [-0.25, -0.2) is 0 Å². The van der Waals surface area contributed by atoms with Crippen LogP contribution < -0.4 is 15.5 Å². The quantitative estimate of drug-likeness (QED) is 0.767. The lowest BCUT2D eigenvalue weighted by Crippen LogP contribution is -2.54. The summed E-state index contributed by atoms with van der Waals surface area (Å²) < 4.78 is 0. The molecule has 2 heterocycles. The molecular formula is C15H21N3O2. The number of hydrogen-bond acceptors (Lipinski definition) is 4. The minimum absolute atomic E-state index is 0.167. The zero-order chi connectivity index (χ0) is 14.5. The molecule has 0 bridgehead atoms. The number of carbonyl (C=O) groups is 2. The summed E-state index contributed by atoms with van der Waals surface area (Å²) >= 11 is 0. The molecule has 1 unspecified atom stereocenters. The van der Waals surface area contributed by atoms with Crippen LogP contribution in [0.25, 0.3) is 0 Å². The molecule has 2 aliphatic rings. The van der Waals surface area contributed by atoms with Gasteiger partial charge in [-0.1, -0.05) is 26.0 Å². The number of amides is 2. The van der Waals surface area contributed by atoms with Gasteiger partial charge in [0.05, 0.1) is 11.4 Å². The van der Waals surface area contributed by atoms with Crippen molar-refractivity contribution in [3.8, 4) is 0 Å². The van der Waals surface area contributed by atoms with Crippen LogP contribution in [0, 0.1) is 0 Å². The fourth-order valence-corrected chi connectivity index (χ4v) is 2.61. The van der Waals surface area contributed by atoms with Gasteiger partial charge in [0.25, 0.3) is 0 Å². The molecule has 1 fully saturated rings. The minimum Gasteiger partial charge on any atom is -0.382 e. The predicted octanol–water partition coefficient (Wildman–Crippen LogP) is 1.75. The molecule has 0 spiro atoms. The van der Waals surface area contributed by atoms with Crippen LogP contribution in [-0.4, -0.2) is 30.9 Å². The van der Waals surface area contributed by atoms with Crippen LogP contribution in [0.2, 0.25) is 0 Å². The predicted molar refractivity (Wildman–Crippen MR) is 79.8 cm³/mol. The number of nitrogens with one attached hydrogen (secondary N) is 2. The molecule has 0 aliphatic carbocycles. The van der Waals surface area contributed by atoms with Gasteiger partial charge in [0.1, 0.15) is 6.04 Å². The van der Waals surface area contributed by atoms with E-state index in [0.29, 0.717) is 12.8 Å². The van der Waals surface area contributed by atoms with Crippen LogP contribution in [0.4, 0.5) is 11.4 Å². The van der Waals surface area contributed by atoms with E-state index in [1.165, 1.54) is 0 Å². The van der Waals surface area contributed by atoms with Gasteiger partial charge >= 0.3 is 0 Å². The van der Waals surface area contributed by atoms with Crippen molar-refractivity contribution in [1.82, 2.24) is 5.32 Å². The normalized spacial score (nSPS) is 21.1. The summed E-state index contributed by atoms with van der Waals surface area (Å²) in [5, 5.41) is 5.73. The second-order valence-electron chi connectivity index (χ2n) is 4.60. The molecule has 1 aromatic rings. The van der Waals surface area contributed by atoms with Crippen LogP contribution in [0.15, 0.2) is 24.3 Å². The summed E-state index contributed by atoms with van der Waals surface area (Å²) in [4.78, 5) is 25.2. The van der Waals surface area contributed by atoms with Gasteiger partial charge in [0, 0.05) is 19.5 Å². The second-order valence-corrected chi connectivity index (χ2v) is 4.60. The topological polar surface area (TPSA) is 61.4 Å². The second kappa shape index (κ2) is 6.41. The summed E-state index contributed by atoms with van der Waals surface area (Å²) in [6.07, 6.45) is 1.02. The first-order valence-electron chi connectivity index (χ1n) is 7.19. The highest BCUT2D eigenvalue weighted by Gasteiger charge is 2.33. The number of imide groups is 1. The van der Waals surface area contributed by atoms with Gasteiger partial charge in [-0.05, 0) is 18.6 Å². The van der Waals surface area contributed by atoms with Gasteiger partial charge in [-0.2, -0.15) is 0 Å². The van der Waals surface area contributed by atoms with E-state index in [4.69, 9.17) is 0 Å². The zero-order valence-electron chi connectivity index (χ0n) is 12.0. The van der Waals surface area contributed by atoms with E-state index in [1.807, 2.05) is 38.1 Å². The van der Waals surface area contributed by atoms with Gasteiger partial charge in [-0.15, -0.1) is 0 Å². The van der Waals surface area contributed by atoms with Crippen LogP contribution in [-0.2, 0) is 9.59 Å². The Bertz CT molecular complexity index is 502. The molecular weight excluding hydrogens is 254 g/mol. The Hall–Kier alpha value is -2.04. The maximum Gasteiger partial charge on any atom is 0.249 e. The molecule has 5 heteroatoms. The number of fused-ring (bicyclic) bond motifs is 1. The van der Waals surface area contributed by atoms with E-state index in [1.54, 1.807) is 0 Å². The van der Waals surface area contributed by atoms with Crippen molar-refractivity contribution in [3.63, 3.8) is 0 Å². The Labute approximate surface area is 119 Å². The number of anilines is 2. The molecule has 1 saturated heterocycles. The Balaban J connectivity index is 0.000000704. The van der Waals surface area contributed by atoms with E-state index < -0.39 is 0 Å². The third kappa shape index (κ3) is 2.76. The Kier molecular flexibility index (Phi) is 4.61. The number of nitrogens with zero attached hydrogens (tertiary/aromatic N) is 1. The van der Waals surface area contributed by atoms with E-state index in [-0.39, 0.29) is 17.9 Å². The van der Waals surface area contributed by atoms with Crippen LogP contribution in [0.3, 0.4) is 0 Å². The van der Waals surface area contributed by atoms with Gasteiger partial charge < -0.3 is 10.2 Å². The van der Waals surface area contributed by atoms with Crippen molar-refractivity contribution in [2.24, 2.45) is 0 Å². The van der Waals surface area contributed by atoms with Crippen LogP contribution in [0.1, 0.15) is 26.7 Å². The summed E-state index contributed by atoms with van der Waals surface area (Å²) in [5.74, 6) is -0.345. The summed E-state index contributed by atoms with van der Waals surface area (Å²) in [6.45, 7) is 5.60.